The predicted octanol–water partition coefficient (Wildman–Crippen LogP) is 3.24. The van der Waals surface area contributed by atoms with Crippen molar-refractivity contribution in [2.24, 2.45) is 12.5 Å². The molecule has 2 aromatic rings. The van der Waals surface area contributed by atoms with Crippen molar-refractivity contribution in [3.05, 3.63) is 35.5 Å². The molecule has 1 aliphatic rings. The molecular weight excluding hydrogens is 310 g/mol. The summed E-state index contributed by atoms with van der Waals surface area (Å²) in [6.07, 6.45) is 5.47. The van der Waals surface area contributed by atoms with Crippen molar-refractivity contribution in [2.75, 3.05) is 5.75 Å². The third-order valence-electron chi connectivity index (χ3n) is 4.18. The molecule has 0 aliphatic heterocycles. The van der Waals surface area contributed by atoms with Gasteiger partial charge in [-0.25, -0.2) is 4.98 Å². The summed E-state index contributed by atoms with van der Waals surface area (Å²) in [6, 6.07) is 2.09. The first kappa shape index (κ1) is 16.2. The number of rotatable bonds is 4. The van der Waals surface area contributed by atoms with Crippen molar-refractivity contribution < 1.29 is 9.21 Å². The quantitative estimate of drug-likeness (QED) is 0.873. The zero-order valence-electron chi connectivity index (χ0n) is 14.0. The number of aryl methyl sites for hydroxylation is 2. The maximum Gasteiger partial charge on any atom is 0.230 e. The number of carbonyl (C=O) groups is 1. The first-order chi connectivity index (χ1) is 10.8. The standard InChI is InChI=1S/C17H23N3O2S/c1-11-7-12-13(8-17(2,3)9-14(12)22-11)19-15(21)10-23-16-18-5-6-20(16)4/h5-7,13H,8-10H2,1-4H3,(H,19,21)/t13-/m0/s1. The lowest BCUT2D eigenvalue weighted by Crippen LogP contribution is -2.36. The van der Waals surface area contributed by atoms with Crippen molar-refractivity contribution in [3.8, 4) is 0 Å². The lowest BCUT2D eigenvalue weighted by molar-refractivity contribution is -0.119. The fourth-order valence-corrected chi connectivity index (χ4v) is 3.91. The van der Waals surface area contributed by atoms with Crippen LogP contribution in [0.1, 0.15) is 43.4 Å². The maximum atomic E-state index is 12.3. The molecule has 0 bridgehead atoms. The molecule has 0 saturated carbocycles. The Balaban J connectivity index is 1.67. The van der Waals surface area contributed by atoms with E-state index in [1.165, 1.54) is 11.8 Å². The lowest BCUT2D eigenvalue weighted by atomic mass is 9.75. The number of aromatic nitrogens is 2. The highest BCUT2D eigenvalue weighted by Crippen LogP contribution is 2.42. The minimum atomic E-state index is 0.0284. The van der Waals surface area contributed by atoms with Gasteiger partial charge >= 0.3 is 0 Å². The minimum absolute atomic E-state index is 0.0284. The molecule has 6 heteroatoms. The first-order valence-corrected chi connectivity index (χ1v) is 8.81. The maximum absolute atomic E-state index is 12.3. The number of amides is 1. The summed E-state index contributed by atoms with van der Waals surface area (Å²) in [6.45, 7) is 6.40. The number of hydrogen-bond acceptors (Lipinski definition) is 4. The zero-order chi connectivity index (χ0) is 16.6. The monoisotopic (exact) mass is 333 g/mol. The average Bonchev–Trinajstić information content (AvgIpc) is 3.00. The molecule has 23 heavy (non-hydrogen) atoms. The number of furan rings is 1. The van der Waals surface area contributed by atoms with Crippen molar-refractivity contribution in [2.45, 2.75) is 44.8 Å². The molecule has 1 atom stereocenters. The van der Waals surface area contributed by atoms with Crippen molar-refractivity contribution in [1.82, 2.24) is 14.9 Å². The smallest absolute Gasteiger partial charge is 0.230 e. The van der Waals surface area contributed by atoms with Gasteiger partial charge in [-0.1, -0.05) is 25.6 Å². The van der Waals surface area contributed by atoms with E-state index in [4.69, 9.17) is 4.42 Å². The highest BCUT2D eigenvalue weighted by molar-refractivity contribution is 7.99. The third-order valence-corrected chi connectivity index (χ3v) is 5.24. The number of nitrogens with one attached hydrogen (secondary N) is 1. The molecule has 2 aromatic heterocycles. The molecule has 0 aromatic carbocycles. The molecule has 5 nitrogen and oxygen atoms in total. The minimum Gasteiger partial charge on any atom is -0.466 e. The Hall–Kier alpha value is -1.69. The van der Waals surface area contributed by atoms with Crippen LogP contribution in [0.4, 0.5) is 0 Å². The molecule has 124 valence electrons. The molecule has 0 fully saturated rings. The van der Waals surface area contributed by atoms with Crippen molar-refractivity contribution in [3.63, 3.8) is 0 Å². The van der Waals surface area contributed by atoms with Gasteiger partial charge in [0.15, 0.2) is 5.16 Å². The van der Waals surface area contributed by atoms with Crippen LogP contribution >= 0.6 is 11.8 Å². The van der Waals surface area contributed by atoms with E-state index < -0.39 is 0 Å². The topological polar surface area (TPSA) is 60.1 Å². The van der Waals surface area contributed by atoms with Crippen molar-refractivity contribution in [1.29, 1.82) is 0 Å². The number of imidazole rings is 1. The second-order valence-corrected chi connectivity index (χ2v) is 7.95. The van der Waals surface area contributed by atoms with E-state index >= 15 is 0 Å². The highest BCUT2D eigenvalue weighted by Gasteiger charge is 2.35. The summed E-state index contributed by atoms with van der Waals surface area (Å²) >= 11 is 1.45. The van der Waals surface area contributed by atoms with E-state index in [0.717, 1.165) is 35.1 Å². The highest BCUT2D eigenvalue weighted by atomic mass is 32.2. The molecule has 2 heterocycles. The summed E-state index contributed by atoms with van der Waals surface area (Å²) in [5, 5.41) is 4.02. The van der Waals surface area contributed by atoms with E-state index in [1.54, 1.807) is 6.20 Å². The van der Waals surface area contributed by atoms with Gasteiger partial charge in [-0.15, -0.1) is 0 Å². The number of hydrogen-bond donors (Lipinski definition) is 1. The first-order valence-electron chi connectivity index (χ1n) is 7.83. The van der Waals surface area contributed by atoms with Crippen LogP contribution in [0.25, 0.3) is 0 Å². The Morgan fingerprint density at radius 2 is 2.35 bits per heavy atom. The largest absolute Gasteiger partial charge is 0.466 e. The SMILES string of the molecule is Cc1cc2c(o1)CC(C)(C)C[C@@H]2NC(=O)CSc1nccn1C. The van der Waals surface area contributed by atoms with Crippen LogP contribution in [-0.2, 0) is 18.3 Å². The van der Waals surface area contributed by atoms with Crippen LogP contribution in [0.2, 0.25) is 0 Å². The van der Waals surface area contributed by atoms with Crippen LogP contribution in [0.5, 0.6) is 0 Å². The molecular formula is C17H23N3O2S. The van der Waals surface area contributed by atoms with Crippen LogP contribution < -0.4 is 5.32 Å². The number of carbonyl (C=O) groups excluding carboxylic acids is 1. The Kier molecular flexibility index (Phi) is 4.27. The number of thioether (sulfide) groups is 1. The van der Waals surface area contributed by atoms with Gasteiger partial charge in [0, 0.05) is 31.4 Å². The number of fused-ring (bicyclic) bond motifs is 1. The zero-order valence-corrected chi connectivity index (χ0v) is 14.9. The third kappa shape index (κ3) is 3.63. The number of nitrogens with zero attached hydrogens (tertiary/aromatic N) is 2. The molecule has 3 rings (SSSR count). The molecule has 0 unspecified atom stereocenters. The van der Waals surface area contributed by atoms with Gasteiger partial charge in [0.1, 0.15) is 11.5 Å². The summed E-state index contributed by atoms with van der Waals surface area (Å²) in [4.78, 5) is 16.6. The van der Waals surface area contributed by atoms with Crippen LogP contribution in [0, 0.1) is 12.3 Å². The van der Waals surface area contributed by atoms with Crippen LogP contribution in [0.3, 0.4) is 0 Å². The predicted molar refractivity (Wildman–Crippen MR) is 90.4 cm³/mol. The second-order valence-electron chi connectivity index (χ2n) is 7.01. The summed E-state index contributed by atoms with van der Waals surface area (Å²) < 4.78 is 7.73. The molecule has 0 radical (unpaired) electrons. The Labute approximate surface area is 140 Å². The fraction of sp³-hybridized carbons (Fsp3) is 0.529. The summed E-state index contributed by atoms with van der Waals surface area (Å²) in [5.41, 5.74) is 1.26. The van der Waals surface area contributed by atoms with Crippen LogP contribution in [0.15, 0.2) is 28.0 Å². The van der Waals surface area contributed by atoms with E-state index in [2.05, 4.69) is 30.2 Å². The van der Waals surface area contributed by atoms with Gasteiger partial charge in [0.2, 0.25) is 5.91 Å². The normalized spacial score (nSPS) is 19.4. The molecule has 1 N–H and O–H groups in total. The van der Waals surface area contributed by atoms with Crippen LogP contribution in [-0.4, -0.2) is 21.2 Å². The molecule has 1 amide bonds. The van der Waals surface area contributed by atoms with E-state index in [1.807, 2.05) is 24.7 Å². The van der Waals surface area contributed by atoms with E-state index in [0.29, 0.717) is 5.75 Å². The Morgan fingerprint density at radius 1 is 1.57 bits per heavy atom. The van der Waals surface area contributed by atoms with Gasteiger partial charge in [0.05, 0.1) is 11.8 Å². The average molecular weight is 333 g/mol. The van der Waals surface area contributed by atoms with E-state index in [9.17, 15) is 4.79 Å². The molecule has 0 spiro atoms. The van der Waals surface area contributed by atoms with Gasteiger partial charge in [-0.3, -0.25) is 4.79 Å². The lowest BCUT2D eigenvalue weighted by Gasteiger charge is -2.34. The molecule has 0 saturated heterocycles. The second kappa shape index (κ2) is 6.07. The van der Waals surface area contributed by atoms with Gasteiger partial charge in [-0.05, 0) is 24.8 Å². The summed E-state index contributed by atoms with van der Waals surface area (Å²) in [7, 11) is 1.93. The van der Waals surface area contributed by atoms with Gasteiger partial charge < -0.3 is 14.3 Å². The fourth-order valence-electron chi connectivity index (χ4n) is 3.17. The van der Waals surface area contributed by atoms with E-state index in [-0.39, 0.29) is 17.4 Å². The summed E-state index contributed by atoms with van der Waals surface area (Å²) in [5.74, 6) is 2.33. The Bertz CT molecular complexity index is 717. The Morgan fingerprint density at radius 3 is 3.04 bits per heavy atom. The van der Waals surface area contributed by atoms with Gasteiger partial charge in [0.25, 0.3) is 0 Å². The van der Waals surface area contributed by atoms with Crippen molar-refractivity contribution >= 4 is 17.7 Å². The molecule has 1 aliphatic carbocycles. The van der Waals surface area contributed by atoms with Gasteiger partial charge in [-0.2, -0.15) is 0 Å².